The highest BCUT2D eigenvalue weighted by molar-refractivity contribution is 5.87. The highest BCUT2D eigenvalue weighted by atomic mass is 16.6. The summed E-state index contributed by atoms with van der Waals surface area (Å²) in [5.74, 6) is 0.314. The molecule has 3 unspecified atom stereocenters. The predicted octanol–water partition coefficient (Wildman–Crippen LogP) is 1.38. The lowest BCUT2D eigenvalue weighted by molar-refractivity contribution is -0.205. The molecule has 4 saturated carbocycles. The number of ether oxygens (including phenoxy) is 2. The first-order valence-corrected chi connectivity index (χ1v) is 9.06. The molecule has 4 atom stereocenters. The van der Waals surface area contributed by atoms with Crippen molar-refractivity contribution in [2.75, 3.05) is 13.2 Å². The van der Waals surface area contributed by atoms with Gasteiger partial charge in [-0.15, -0.1) is 0 Å². The summed E-state index contributed by atoms with van der Waals surface area (Å²) in [6.07, 6.45) is 4.49. The summed E-state index contributed by atoms with van der Waals surface area (Å²) in [6, 6.07) is 0. The fourth-order valence-electron chi connectivity index (χ4n) is 5.56. The van der Waals surface area contributed by atoms with Gasteiger partial charge >= 0.3 is 5.97 Å². The Morgan fingerprint density at radius 1 is 1.32 bits per heavy atom. The highest BCUT2D eigenvalue weighted by Crippen LogP contribution is 2.63. The van der Waals surface area contributed by atoms with E-state index in [1.165, 1.54) is 6.92 Å². The average Bonchev–Trinajstić information content (AvgIpc) is 2.51. The number of aliphatic hydroxyl groups is 2. The van der Waals surface area contributed by atoms with Crippen molar-refractivity contribution in [1.29, 1.82) is 0 Å². The summed E-state index contributed by atoms with van der Waals surface area (Å²) in [4.78, 5) is 23.4. The van der Waals surface area contributed by atoms with Crippen molar-refractivity contribution < 1.29 is 29.3 Å². The third kappa shape index (κ3) is 3.66. The quantitative estimate of drug-likeness (QED) is 0.389. The van der Waals surface area contributed by atoms with Crippen molar-refractivity contribution in [3.8, 4) is 0 Å². The number of esters is 1. The molecule has 6 heteroatoms. The molecule has 4 fully saturated rings. The number of carbonyl (C=O) groups is 2. The molecule has 4 bridgehead atoms. The fraction of sp³-hybridized carbons (Fsp3) is 0.789. The second kappa shape index (κ2) is 6.82. The Morgan fingerprint density at radius 3 is 2.44 bits per heavy atom. The molecule has 0 saturated heterocycles. The van der Waals surface area contributed by atoms with E-state index in [1.54, 1.807) is 0 Å². The molecular weight excluding hydrogens is 324 g/mol. The van der Waals surface area contributed by atoms with Gasteiger partial charge in [0.05, 0.1) is 18.8 Å². The van der Waals surface area contributed by atoms with Gasteiger partial charge in [-0.25, -0.2) is 4.79 Å². The Labute approximate surface area is 148 Å². The summed E-state index contributed by atoms with van der Waals surface area (Å²) in [7, 11) is 0. The molecule has 0 heterocycles. The first kappa shape index (κ1) is 18.5. The van der Waals surface area contributed by atoms with Gasteiger partial charge in [0.1, 0.15) is 18.5 Å². The molecule has 4 aliphatic carbocycles. The lowest BCUT2D eigenvalue weighted by atomic mass is 9.46. The summed E-state index contributed by atoms with van der Waals surface area (Å²) in [6.45, 7) is 4.61. The highest BCUT2D eigenvalue weighted by Gasteiger charge is 2.60. The molecule has 0 aromatic carbocycles. The van der Waals surface area contributed by atoms with Crippen LogP contribution in [0.5, 0.6) is 0 Å². The lowest BCUT2D eigenvalue weighted by Crippen LogP contribution is -2.60. The number of aliphatic hydroxyl groups excluding tert-OH is 1. The first-order chi connectivity index (χ1) is 11.8. The van der Waals surface area contributed by atoms with Crippen LogP contribution in [0.15, 0.2) is 12.2 Å². The van der Waals surface area contributed by atoms with E-state index >= 15 is 0 Å². The van der Waals surface area contributed by atoms with Crippen molar-refractivity contribution in [1.82, 2.24) is 0 Å². The van der Waals surface area contributed by atoms with Crippen LogP contribution >= 0.6 is 0 Å². The van der Waals surface area contributed by atoms with Crippen LogP contribution in [-0.4, -0.2) is 53.5 Å². The minimum absolute atomic E-state index is 0.0472. The zero-order valence-corrected chi connectivity index (χ0v) is 14.8. The lowest BCUT2D eigenvalue weighted by Gasteiger charge is -2.61. The van der Waals surface area contributed by atoms with Crippen LogP contribution in [0.25, 0.3) is 0 Å². The van der Waals surface area contributed by atoms with Crippen LogP contribution in [0.3, 0.4) is 0 Å². The fourth-order valence-corrected chi connectivity index (χ4v) is 5.56. The smallest absolute Gasteiger partial charge is 0.333 e. The van der Waals surface area contributed by atoms with Crippen LogP contribution in [0, 0.1) is 17.3 Å². The van der Waals surface area contributed by atoms with Crippen LogP contribution in [0.1, 0.15) is 45.4 Å². The molecule has 0 radical (unpaired) electrons. The van der Waals surface area contributed by atoms with Crippen molar-refractivity contribution in [2.45, 2.75) is 63.3 Å². The van der Waals surface area contributed by atoms with Gasteiger partial charge in [-0.3, -0.25) is 0 Å². The molecule has 0 aromatic heterocycles. The van der Waals surface area contributed by atoms with E-state index in [4.69, 9.17) is 9.47 Å². The standard InChI is InChI=1S/C19H28O6/c1-12(2)17(22)25-15(8-20)10-24-16(9-21)18-4-13-3-14(5-18)7-19(23,6-13)11-18/h9,13-16,20,23H,1,3-8,10-11H2,2H3/t13?,14?,15?,16-,18?,19?/m1/s1. The number of aldehydes is 1. The Hall–Kier alpha value is -1.24. The molecule has 0 aliphatic heterocycles. The Morgan fingerprint density at radius 2 is 1.96 bits per heavy atom. The van der Waals surface area contributed by atoms with Gasteiger partial charge in [-0.2, -0.15) is 0 Å². The molecular formula is C19H28O6. The van der Waals surface area contributed by atoms with Crippen LogP contribution in [0.2, 0.25) is 0 Å². The molecule has 0 aromatic rings. The van der Waals surface area contributed by atoms with E-state index in [0.29, 0.717) is 18.3 Å². The number of carbonyl (C=O) groups excluding carboxylic acids is 2. The molecule has 4 aliphatic rings. The third-order valence-electron chi connectivity index (χ3n) is 6.09. The number of rotatable bonds is 8. The monoisotopic (exact) mass is 352 g/mol. The normalized spacial score (nSPS) is 38.2. The van der Waals surface area contributed by atoms with E-state index < -0.39 is 23.8 Å². The van der Waals surface area contributed by atoms with Crippen molar-refractivity contribution >= 4 is 12.3 Å². The van der Waals surface area contributed by atoms with E-state index in [9.17, 15) is 19.8 Å². The first-order valence-electron chi connectivity index (χ1n) is 9.06. The summed E-state index contributed by atoms with van der Waals surface area (Å²) in [5.41, 5.74) is -0.759. The van der Waals surface area contributed by atoms with Crippen LogP contribution < -0.4 is 0 Å². The predicted molar refractivity (Wildman–Crippen MR) is 89.6 cm³/mol. The maximum atomic E-state index is 11.8. The van der Waals surface area contributed by atoms with Crippen LogP contribution in [-0.2, 0) is 19.1 Å². The third-order valence-corrected chi connectivity index (χ3v) is 6.09. The van der Waals surface area contributed by atoms with Gasteiger partial charge in [-0.1, -0.05) is 6.58 Å². The second-order valence-electron chi connectivity index (χ2n) is 8.43. The minimum atomic E-state index is -0.830. The summed E-state index contributed by atoms with van der Waals surface area (Å²) in [5, 5.41) is 20.2. The Bertz CT molecular complexity index is 542. The number of hydrogen-bond donors (Lipinski definition) is 2. The van der Waals surface area contributed by atoms with Crippen molar-refractivity contribution in [2.24, 2.45) is 17.3 Å². The maximum absolute atomic E-state index is 11.8. The molecule has 2 N–H and O–H groups in total. The Balaban J connectivity index is 1.65. The van der Waals surface area contributed by atoms with E-state index in [2.05, 4.69) is 6.58 Å². The van der Waals surface area contributed by atoms with E-state index in [1.807, 2.05) is 0 Å². The van der Waals surface area contributed by atoms with E-state index in [0.717, 1.165) is 38.4 Å². The van der Waals surface area contributed by atoms with Crippen LogP contribution in [0.4, 0.5) is 0 Å². The zero-order chi connectivity index (χ0) is 18.2. The van der Waals surface area contributed by atoms with Gasteiger partial charge in [0.2, 0.25) is 0 Å². The molecule has 0 spiro atoms. The SMILES string of the molecule is C=C(C)C(=O)OC(CO)CO[C@H](C=O)C12CC3CC(CC(O)(C3)C1)C2. The van der Waals surface area contributed by atoms with Crippen molar-refractivity contribution in [3.05, 3.63) is 12.2 Å². The minimum Gasteiger partial charge on any atom is -0.454 e. The molecule has 25 heavy (non-hydrogen) atoms. The topological polar surface area (TPSA) is 93.1 Å². The zero-order valence-electron chi connectivity index (χ0n) is 14.8. The Kier molecular flexibility index (Phi) is 5.06. The van der Waals surface area contributed by atoms with Gasteiger partial charge in [0.25, 0.3) is 0 Å². The van der Waals surface area contributed by atoms with Gasteiger partial charge < -0.3 is 24.5 Å². The molecule has 6 nitrogen and oxygen atoms in total. The average molecular weight is 352 g/mol. The summed E-state index contributed by atoms with van der Waals surface area (Å²) >= 11 is 0. The van der Waals surface area contributed by atoms with Gasteiger partial charge in [0, 0.05) is 11.0 Å². The molecule has 0 amide bonds. The van der Waals surface area contributed by atoms with E-state index in [-0.39, 0.29) is 24.2 Å². The van der Waals surface area contributed by atoms with Gasteiger partial charge in [-0.05, 0) is 57.3 Å². The van der Waals surface area contributed by atoms with Crippen molar-refractivity contribution in [3.63, 3.8) is 0 Å². The van der Waals surface area contributed by atoms with Gasteiger partial charge in [0.15, 0.2) is 0 Å². The number of hydrogen-bond acceptors (Lipinski definition) is 6. The summed E-state index contributed by atoms with van der Waals surface area (Å²) < 4.78 is 10.9. The maximum Gasteiger partial charge on any atom is 0.333 e. The largest absolute Gasteiger partial charge is 0.454 e. The molecule has 4 rings (SSSR count). The second-order valence-corrected chi connectivity index (χ2v) is 8.43. The molecule has 140 valence electrons.